The maximum absolute atomic E-state index is 10.6. The van der Waals surface area contributed by atoms with Gasteiger partial charge in [0.15, 0.2) is 0 Å². The standard InChI is InChI=1S/C12H18N2O2/c1-8-4-5-10(6-9(8)2)14(3)7-11(13)12(15)16/h4-6,11H,7,13H2,1-3H3,(H,15,16). The van der Waals surface area contributed by atoms with Crippen molar-refractivity contribution < 1.29 is 9.90 Å². The minimum absolute atomic E-state index is 0.303. The number of hydrogen-bond acceptors (Lipinski definition) is 3. The number of aliphatic carboxylic acids is 1. The van der Waals surface area contributed by atoms with E-state index in [4.69, 9.17) is 10.8 Å². The summed E-state index contributed by atoms with van der Waals surface area (Å²) in [6, 6.07) is 5.17. The van der Waals surface area contributed by atoms with Crippen LogP contribution < -0.4 is 10.6 Å². The first kappa shape index (κ1) is 12.5. The highest BCUT2D eigenvalue weighted by Crippen LogP contribution is 2.17. The fraction of sp³-hybridized carbons (Fsp3) is 0.417. The molecule has 0 saturated carbocycles. The third kappa shape index (κ3) is 2.97. The SMILES string of the molecule is Cc1ccc(N(C)CC(N)C(=O)O)cc1C. The minimum atomic E-state index is -0.976. The largest absolute Gasteiger partial charge is 0.480 e. The topological polar surface area (TPSA) is 66.6 Å². The maximum Gasteiger partial charge on any atom is 0.322 e. The van der Waals surface area contributed by atoms with Gasteiger partial charge in [0.05, 0.1) is 0 Å². The summed E-state index contributed by atoms with van der Waals surface area (Å²) in [5, 5.41) is 8.72. The first-order valence-electron chi connectivity index (χ1n) is 5.18. The zero-order valence-corrected chi connectivity index (χ0v) is 9.90. The Morgan fingerprint density at radius 3 is 2.56 bits per heavy atom. The molecule has 0 fully saturated rings. The molecule has 1 atom stereocenters. The summed E-state index contributed by atoms with van der Waals surface area (Å²) in [6.07, 6.45) is 0. The van der Waals surface area contributed by atoms with Crippen LogP contribution in [-0.2, 0) is 4.79 Å². The lowest BCUT2D eigenvalue weighted by atomic mass is 10.1. The summed E-state index contributed by atoms with van der Waals surface area (Å²) in [5.74, 6) is -0.976. The van der Waals surface area contributed by atoms with Crippen molar-refractivity contribution in [3.8, 4) is 0 Å². The zero-order chi connectivity index (χ0) is 12.3. The third-order valence-electron chi connectivity index (χ3n) is 2.72. The number of aryl methyl sites for hydroxylation is 2. The molecule has 0 bridgehead atoms. The summed E-state index contributed by atoms with van der Waals surface area (Å²) in [5.41, 5.74) is 8.88. The Hall–Kier alpha value is -1.55. The highest BCUT2D eigenvalue weighted by molar-refractivity contribution is 5.74. The van der Waals surface area contributed by atoms with Gasteiger partial charge in [-0.2, -0.15) is 0 Å². The Morgan fingerprint density at radius 2 is 2.06 bits per heavy atom. The summed E-state index contributed by atoms with van der Waals surface area (Å²) >= 11 is 0. The van der Waals surface area contributed by atoms with Crippen LogP contribution in [0.15, 0.2) is 18.2 Å². The average molecular weight is 222 g/mol. The molecule has 88 valence electrons. The number of nitrogens with two attached hydrogens (primary N) is 1. The number of carbonyl (C=O) groups is 1. The Morgan fingerprint density at radius 1 is 1.44 bits per heavy atom. The van der Waals surface area contributed by atoms with Gasteiger partial charge in [-0.05, 0) is 37.1 Å². The van der Waals surface area contributed by atoms with Crippen LogP contribution in [0.4, 0.5) is 5.69 Å². The normalized spacial score (nSPS) is 12.2. The van der Waals surface area contributed by atoms with E-state index < -0.39 is 12.0 Å². The van der Waals surface area contributed by atoms with Crippen LogP contribution in [0.2, 0.25) is 0 Å². The van der Waals surface area contributed by atoms with Gasteiger partial charge in [0.25, 0.3) is 0 Å². The van der Waals surface area contributed by atoms with Crippen LogP contribution in [0, 0.1) is 13.8 Å². The second-order valence-corrected chi connectivity index (χ2v) is 4.09. The molecule has 0 aromatic heterocycles. The first-order valence-corrected chi connectivity index (χ1v) is 5.18. The Labute approximate surface area is 95.7 Å². The van der Waals surface area contributed by atoms with E-state index in [9.17, 15) is 4.79 Å². The fourth-order valence-corrected chi connectivity index (χ4v) is 1.44. The molecule has 1 aromatic rings. The van der Waals surface area contributed by atoms with Gasteiger partial charge in [0.1, 0.15) is 6.04 Å². The van der Waals surface area contributed by atoms with Crippen molar-refractivity contribution in [3.05, 3.63) is 29.3 Å². The Kier molecular flexibility index (Phi) is 3.90. The van der Waals surface area contributed by atoms with Crippen molar-refractivity contribution >= 4 is 11.7 Å². The smallest absolute Gasteiger partial charge is 0.322 e. The van der Waals surface area contributed by atoms with Crippen LogP contribution in [0.25, 0.3) is 0 Å². The molecule has 1 rings (SSSR count). The molecule has 16 heavy (non-hydrogen) atoms. The molecule has 0 spiro atoms. The predicted octanol–water partition coefficient (Wildman–Crippen LogP) is 1.15. The monoisotopic (exact) mass is 222 g/mol. The van der Waals surface area contributed by atoms with Crippen LogP contribution in [0.1, 0.15) is 11.1 Å². The molecule has 1 aromatic carbocycles. The molecule has 4 heteroatoms. The maximum atomic E-state index is 10.6. The lowest BCUT2D eigenvalue weighted by molar-refractivity contribution is -0.138. The number of carboxylic acid groups (broad SMARTS) is 1. The Balaban J connectivity index is 2.76. The van der Waals surface area contributed by atoms with Gasteiger partial charge < -0.3 is 15.7 Å². The number of likely N-dealkylation sites (N-methyl/N-ethyl adjacent to an activating group) is 1. The van der Waals surface area contributed by atoms with Crippen LogP contribution in [-0.4, -0.2) is 30.7 Å². The summed E-state index contributed by atoms with van der Waals surface area (Å²) in [4.78, 5) is 12.5. The van der Waals surface area contributed by atoms with E-state index in [1.165, 1.54) is 11.1 Å². The molecule has 0 aliphatic carbocycles. The zero-order valence-electron chi connectivity index (χ0n) is 9.90. The van der Waals surface area contributed by atoms with Crippen molar-refractivity contribution in [3.63, 3.8) is 0 Å². The first-order chi connectivity index (χ1) is 7.41. The van der Waals surface area contributed by atoms with Crippen molar-refractivity contribution in [1.29, 1.82) is 0 Å². The van der Waals surface area contributed by atoms with E-state index in [1.807, 2.05) is 44.0 Å². The number of hydrogen-bond donors (Lipinski definition) is 2. The van der Waals surface area contributed by atoms with E-state index in [1.54, 1.807) is 0 Å². The number of benzene rings is 1. The summed E-state index contributed by atoms with van der Waals surface area (Å²) in [7, 11) is 1.84. The molecular formula is C12H18N2O2. The van der Waals surface area contributed by atoms with E-state index in [0.29, 0.717) is 6.54 Å². The van der Waals surface area contributed by atoms with E-state index in [2.05, 4.69) is 0 Å². The van der Waals surface area contributed by atoms with Crippen LogP contribution >= 0.6 is 0 Å². The molecule has 0 radical (unpaired) electrons. The molecule has 4 nitrogen and oxygen atoms in total. The Bertz CT molecular complexity index is 391. The van der Waals surface area contributed by atoms with E-state index >= 15 is 0 Å². The fourth-order valence-electron chi connectivity index (χ4n) is 1.44. The molecular weight excluding hydrogens is 204 g/mol. The second-order valence-electron chi connectivity index (χ2n) is 4.09. The quantitative estimate of drug-likeness (QED) is 0.802. The highest BCUT2D eigenvalue weighted by Gasteiger charge is 2.14. The number of rotatable bonds is 4. The minimum Gasteiger partial charge on any atom is -0.480 e. The molecule has 0 amide bonds. The van der Waals surface area contributed by atoms with Gasteiger partial charge in [0.2, 0.25) is 0 Å². The van der Waals surface area contributed by atoms with Gasteiger partial charge in [0, 0.05) is 19.3 Å². The van der Waals surface area contributed by atoms with Gasteiger partial charge >= 0.3 is 5.97 Å². The molecule has 3 N–H and O–H groups in total. The van der Waals surface area contributed by atoms with Gasteiger partial charge in [-0.3, -0.25) is 4.79 Å². The molecule has 0 aliphatic heterocycles. The molecule has 1 unspecified atom stereocenters. The van der Waals surface area contributed by atoms with Crippen molar-refractivity contribution in [2.45, 2.75) is 19.9 Å². The van der Waals surface area contributed by atoms with Gasteiger partial charge in [-0.25, -0.2) is 0 Å². The number of anilines is 1. The van der Waals surface area contributed by atoms with Crippen molar-refractivity contribution in [2.75, 3.05) is 18.5 Å². The molecule has 0 saturated heterocycles. The lowest BCUT2D eigenvalue weighted by Gasteiger charge is -2.22. The van der Waals surface area contributed by atoms with Crippen LogP contribution in [0.5, 0.6) is 0 Å². The van der Waals surface area contributed by atoms with Crippen molar-refractivity contribution in [2.24, 2.45) is 5.73 Å². The molecule has 0 heterocycles. The second kappa shape index (κ2) is 4.99. The van der Waals surface area contributed by atoms with E-state index in [0.717, 1.165) is 5.69 Å². The summed E-state index contributed by atoms with van der Waals surface area (Å²) in [6.45, 7) is 4.38. The lowest BCUT2D eigenvalue weighted by Crippen LogP contribution is -2.41. The van der Waals surface area contributed by atoms with E-state index in [-0.39, 0.29) is 0 Å². The highest BCUT2D eigenvalue weighted by atomic mass is 16.4. The third-order valence-corrected chi connectivity index (χ3v) is 2.72. The predicted molar refractivity (Wildman–Crippen MR) is 64.8 cm³/mol. The number of nitrogens with zero attached hydrogens (tertiary/aromatic N) is 1. The average Bonchev–Trinajstić information content (AvgIpc) is 2.21. The molecule has 0 aliphatic rings. The number of carboxylic acids is 1. The van der Waals surface area contributed by atoms with Gasteiger partial charge in [-0.15, -0.1) is 0 Å². The van der Waals surface area contributed by atoms with Crippen LogP contribution in [0.3, 0.4) is 0 Å². The van der Waals surface area contributed by atoms with Gasteiger partial charge in [-0.1, -0.05) is 6.07 Å². The van der Waals surface area contributed by atoms with Crippen molar-refractivity contribution in [1.82, 2.24) is 0 Å². The summed E-state index contributed by atoms with van der Waals surface area (Å²) < 4.78 is 0.